The Morgan fingerprint density at radius 2 is 2.18 bits per heavy atom. The van der Waals surface area contributed by atoms with Crippen LogP contribution in [0.1, 0.15) is 29.8 Å². The molecule has 1 amide bonds. The van der Waals surface area contributed by atoms with Crippen LogP contribution in [0.3, 0.4) is 0 Å². The molecule has 0 aliphatic carbocycles. The highest BCUT2D eigenvalue weighted by molar-refractivity contribution is 5.76. The Morgan fingerprint density at radius 3 is 2.91 bits per heavy atom. The fourth-order valence-corrected chi connectivity index (χ4v) is 2.51. The first-order valence-electron chi connectivity index (χ1n) is 7.43. The molecule has 0 spiro atoms. The van der Waals surface area contributed by atoms with Crippen LogP contribution in [0.25, 0.3) is 5.78 Å². The lowest BCUT2D eigenvalue weighted by Gasteiger charge is -2.17. The summed E-state index contributed by atoms with van der Waals surface area (Å²) in [5.74, 6) is 0.732. The highest BCUT2D eigenvalue weighted by atomic mass is 16.5. The molecule has 0 aliphatic heterocycles. The molecule has 2 rings (SSSR count). The molecule has 0 aromatic carbocycles. The SMILES string of the molecule is COCCCN(C)C(=O)CCc1c(C)nc2ncnn2c1C. The van der Waals surface area contributed by atoms with Gasteiger partial charge in [0.25, 0.3) is 5.78 Å². The molecular formula is C15H23N5O2. The van der Waals surface area contributed by atoms with Crippen molar-refractivity contribution < 1.29 is 9.53 Å². The van der Waals surface area contributed by atoms with Crippen molar-refractivity contribution >= 4 is 11.7 Å². The van der Waals surface area contributed by atoms with Gasteiger partial charge in [-0.15, -0.1) is 0 Å². The summed E-state index contributed by atoms with van der Waals surface area (Å²) < 4.78 is 6.72. The number of amides is 1. The normalized spacial score (nSPS) is 11.1. The van der Waals surface area contributed by atoms with Crippen LogP contribution in [-0.4, -0.2) is 57.7 Å². The van der Waals surface area contributed by atoms with Crippen molar-refractivity contribution in [3.05, 3.63) is 23.3 Å². The molecule has 22 heavy (non-hydrogen) atoms. The molecule has 0 bridgehead atoms. The molecule has 0 fully saturated rings. The Kier molecular flexibility index (Phi) is 5.43. The lowest BCUT2D eigenvalue weighted by molar-refractivity contribution is -0.130. The standard InChI is InChI=1S/C15H23N5O2/c1-11-13(12(2)20-15(18-11)16-10-17-20)6-7-14(21)19(3)8-5-9-22-4/h10H,5-9H2,1-4H3. The number of fused-ring (bicyclic) bond motifs is 1. The lowest BCUT2D eigenvalue weighted by Crippen LogP contribution is -2.28. The molecule has 0 saturated carbocycles. The molecule has 7 nitrogen and oxygen atoms in total. The minimum Gasteiger partial charge on any atom is -0.385 e. The van der Waals surface area contributed by atoms with Crippen LogP contribution >= 0.6 is 0 Å². The number of methoxy groups -OCH3 is 1. The maximum atomic E-state index is 12.2. The van der Waals surface area contributed by atoms with Crippen LogP contribution in [0.5, 0.6) is 0 Å². The molecule has 120 valence electrons. The number of hydrogen-bond acceptors (Lipinski definition) is 5. The van der Waals surface area contributed by atoms with Gasteiger partial charge in [0.2, 0.25) is 5.91 Å². The Hall–Kier alpha value is -2.02. The molecule has 0 saturated heterocycles. The van der Waals surface area contributed by atoms with Crippen LogP contribution in [-0.2, 0) is 16.0 Å². The molecule has 0 atom stereocenters. The summed E-state index contributed by atoms with van der Waals surface area (Å²) in [6, 6.07) is 0. The zero-order valence-corrected chi connectivity index (χ0v) is 13.7. The first-order valence-corrected chi connectivity index (χ1v) is 7.43. The van der Waals surface area contributed by atoms with E-state index >= 15 is 0 Å². The van der Waals surface area contributed by atoms with E-state index in [0.29, 0.717) is 31.8 Å². The lowest BCUT2D eigenvalue weighted by atomic mass is 10.1. The van der Waals surface area contributed by atoms with Gasteiger partial charge in [-0.25, -0.2) is 9.50 Å². The van der Waals surface area contributed by atoms with E-state index < -0.39 is 0 Å². The third kappa shape index (κ3) is 3.59. The Bertz CT molecular complexity index is 653. The fraction of sp³-hybridized carbons (Fsp3) is 0.600. The second-order valence-electron chi connectivity index (χ2n) is 5.39. The first kappa shape index (κ1) is 16.4. The fourth-order valence-electron chi connectivity index (χ4n) is 2.51. The Morgan fingerprint density at radius 1 is 1.41 bits per heavy atom. The van der Waals surface area contributed by atoms with E-state index in [9.17, 15) is 4.79 Å². The van der Waals surface area contributed by atoms with Crippen molar-refractivity contribution in [1.29, 1.82) is 0 Å². The maximum Gasteiger partial charge on any atom is 0.252 e. The third-order valence-corrected chi connectivity index (χ3v) is 3.85. The van der Waals surface area contributed by atoms with Gasteiger partial charge in [-0.1, -0.05) is 0 Å². The van der Waals surface area contributed by atoms with Crippen molar-refractivity contribution in [3.8, 4) is 0 Å². The van der Waals surface area contributed by atoms with E-state index in [1.54, 1.807) is 16.5 Å². The topological polar surface area (TPSA) is 72.6 Å². The monoisotopic (exact) mass is 305 g/mol. The van der Waals surface area contributed by atoms with Gasteiger partial charge in [0.1, 0.15) is 6.33 Å². The number of nitrogens with zero attached hydrogens (tertiary/aromatic N) is 5. The van der Waals surface area contributed by atoms with Crippen LogP contribution in [0, 0.1) is 13.8 Å². The van der Waals surface area contributed by atoms with Crippen LogP contribution in [0.2, 0.25) is 0 Å². The van der Waals surface area contributed by atoms with Crippen LogP contribution in [0.15, 0.2) is 6.33 Å². The van der Waals surface area contributed by atoms with E-state index in [0.717, 1.165) is 23.4 Å². The predicted octanol–water partition coefficient (Wildman–Crippen LogP) is 1.17. The van der Waals surface area contributed by atoms with Crippen molar-refractivity contribution in [2.75, 3.05) is 27.3 Å². The second-order valence-corrected chi connectivity index (χ2v) is 5.39. The van der Waals surface area contributed by atoms with Crippen molar-refractivity contribution in [2.24, 2.45) is 0 Å². The molecular weight excluding hydrogens is 282 g/mol. The summed E-state index contributed by atoms with van der Waals surface area (Å²) in [4.78, 5) is 22.5. The number of ether oxygens (including phenoxy) is 1. The van der Waals surface area contributed by atoms with Gasteiger partial charge < -0.3 is 9.64 Å². The summed E-state index contributed by atoms with van der Waals surface area (Å²) in [6.45, 7) is 5.32. The van der Waals surface area contributed by atoms with E-state index in [1.807, 2.05) is 20.9 Å². The summed E-state index contributed by atoms with van der Waals surface area (Å²) in [5.41, 5.74) is 2.97. The Balaban J connectivity index is 2.00. The summed E-state index contributed by atoms with van der Waals surface area (Å²) in [6.07, 6.45) is 3.47. The second kappa shape index (κ2) is 7.31. The first-order chi connectivity index (χ1) is 10.5. The van der Waals surface area contributed by atoms with E-state index in [1.165, 1.54) is 6.33 Å². The molecule has 0 N–H and O–H groups in total. The van der Waals surface area contributed by atoms with Gasteiger partial charge in [0, 0.05) is 45.1 Å². The largest absolute Gasteiger partial charge is 0.385 e. The van der Waals surface area contributed by atoms with Crippen molar-refractivity contribution in [3.63, 3.8) is 0 Å². The number of hydrogen-bond donors (Lipinski definition) is 0. The maximum absolute atomic E-state index is 12.2. The minimum absolute atomic E-state index is 0.133. The van der Waals surface area contributed by atoms with Gasteiger partial charge in [-0.05, 0) is 32.3 Å². The van der Waals surface area contributed by atoms with Crippen LogP contribution in [0.4, 0.5) is 0 Å². The van der Waals surface area contributed by atoms with Crippen molar-refractivity contribution in [2.45, 2.75) is 33.1 Å². The summed E-state index contributed by atoms with van der Waals surface area (Å²) in [7, 11) is 3.50. The summed E-state index contributed by atoms with van der Waals surface area (Å²) in [5, 5.41) is 4.17. The molecule has 7 heteroatoms. The summed E-state index contributed by atoms with van der Waals surface area (Å²) >= 11 is 0. The van der Waals surface area contributed by atoms with E-state index in [4.69, 9.17) is 4.74 Å². The quantitative estimate of drug-likeness (QED) is 0.718. The van der Waals surface area contributed by atoms with Gasteiger partial charge in [-0.3, -0.25) is 4.79 Å². The minimum atomic E-state index is 0.133. The number of aromatic nitrogens is 4. The third-order valence-electron chi connectivity index (χ3n) is 3.85. The zero-order chi connectivity index (χ0) is 16.1. The zero-order valence-electron chi connectivity index (χ0n) is 13.7. The van der Waals surface area contributed by atoms with Crippen molar-refractivity contribution in [1.82, 2.24) is 24.5 Å². The van der Waals surface area contributed by atoms with Gasteiger partial charge in [0.15, 0.2) is 0 Å². The molecule has 0 radical (unpaired) electrons. The number of aryl methyl sites for hydroxylation is 2. The van der Waals surface area contributed by atoms with Gasteiger partial charge in [0.05, 0.1) is 0 Å². The molecule has 0 unspecified atom stereocenters. The predicted molar refractivity (Wildman–Crippen MR) is 82.7 cm³/mol. The van der Waals surface area contributed by atoms with E-state index in [2.05, 4.69) is 15.1 Å². The smallest absolute Gasteiger partial charge is 0.252 e. The average molecular weight is 305 g/mol. The molecule has 2 aromatic heterocycles. The Labute approximate surface area is 130 Å². The highest BCUT2D eigenvalue weighted by Crippen LogP contribution is 2.15. The average Bonchev–Trinajstić information content (AvgIpc) is 2.95. The number of rotatable bonds is 7. The number of carbonyl (C=O) groups is 1. The highest BCUT2D eigenvalue weighted by Gasteiger charge is 2.14. The molecule has 2 aromatic rings. The molecule has 0 aliphatic rings. The van der Waals surface area contributed by atoms with Crippen LogP contribution < -0.4 is 0 Å². The van der Waals surface area contributed by atoms with E-state index in [-0.39, 0.29) is 5.91 Å². The van der Waals surface area contributed by atoms with Gasteiger partial charge >= 0.3 is 0 Å². The molecule has 2 heterocycles. The number of carbonyl (C=O) groups excluding carboxylic acids is 1. The van der Waals surface area contributed by atoms with Gasteiger partial charge in [-0.2, -0.15) is 10.1 Å².